The number of aryl methyl sites for hydroxylation is 1. The minimum Gasteiger partial charge on any atom is -0.312 e. The Hall–Kier alpha value is -0.980. The van der Waals surface area contributed by atoms with Gasteiger partial charge in [-0.1, -0.05) is 31.3 Å². The Bertz CT molecular complexity index is 525. The number of nitrogens with zero attached hydrogens (tertiary/aromatic N) is 3. The lowest BCUT2D eigenvalue weighted by Gasteiger charge is -2.09. The maximum absolute atomic E-state index is 4.44. The Labute approximate surface area is 122 Å². The molecule has 0 unspecified atom stereocenters. The molecule has 6 heteroatoms. The Morgan fingerprint density at radius 3 is 2.89 bits per heavy atom. The standard InChI is InChI=1S/C13H18N4S2/c1-9(2)7-14-8-11-5-4-6-15-12(11)19-13-17-16-10(3)18-13/h4-6,9,14H,7-8H2,1-3H3. The van der Waals surface area contributed by atoms with E-state index >= 15 is 0 Å². The van der Waals surface area contributed by atoms with Crippen molar-refractivity contribution >= 4 is 23.1 Å². The summed E-state index contributed by atoms with van der Waals surface area (Å²) in [7, 11) is 0. The zero-order chi connectivity index (χ0) is 13.7. The fourth-order valence-corrected chi connectivity index (χ4v) is 3.36. The molecule has 0 spiro atoms. The summed E-state index contributed by atoms with van der Waals surface area (Å²) in [6.45, 7) is 8.22. The van der Waals surface area contributed by atoms with E-state index in [1.54, 1.807) is 23.1 Å². The molecule has 0 aliphatic carbocycles. The summed E-state index contributed by atoms with van der Waals surface area (Å²) in [5.41, 5.74) is 1.21. The van der Waals surface area contributed by atoms with Gasteiger partial charge in [-0.25, -0.2) is 4.98 Å². The van der Waals surface area contributed by atoms with Gasteiger partial charge in [0.15, 0.2) is 4.34 Å². The third-order valence-corrected chi connectivity index (χ3v) is 4.36. The van der Waals surface area contributed by atoms with Gasteiger partial charge in [0.2, 0.25) is 0 Å². The molecular formula is C13H18N4S2. The van der Waals surface area contributed by atoms with Gasteiger partial charge in [-0.2, -0.15) is 0 Å². The number of nitrogens with one attached hydrogen (secondary N) is 1. The van der Waals surface area contributed by atoms with E-state index in [9.17, 15) is 0 Å². The molecule has 0 aliphatic heterocycles. The molecule has 0 atom stereocenters. The van der Waals surface area contributed by atoms with Crippen LogP contribution in [0.4, 0.5) is 0 Å². The summed E-state index contributed by atoms with van der Waals surface area (Å²) in [5.74, 6) is 0.651. The van der Waals surface area contributed by atoms with Crippen LogP contribution in [0, 0.1) is 12.8 Å². The second-order valence-electron chi connectivity index (χ2n) is 4.68. The smallest absolute Gasteiger partial charge is 0.180 e. The van der Waals surface area contributed by atoms with Crippen LogP contribution in [0.15, 0.2) is 27.7 Å². The minimum absolute atomic E-state index is 0.651. The fourth-order valence-electron chi connectivity index (χ4n) is 1.55. The van der Waals surface area contributed by atoms with Gasteiger partial charge < -0.3 is 5.32 Å². The monoisotopic (exact) mass is 294 g/mol. The van der Waals surface area contributed by atoms with Gasteiger partial charge in [-0.15, -0.1) is 10.2 Å². The highest BCUT2D eigenvalue weighted by molar-refractivity contribution is 8.01. The average Bonchev–Trinajstić information content (AvgIpc) is 2.77. The van der Waals surface area contributed by atoms with Crippen LogP contribution in [0.2, 0.25) is 0 Å². The molecule has 0 aliphatic rings. The third-order valence-electron chi connectivity index (χ3n) is 2.41. The molecule has 102 valence electrons. The first-order valence-electron chi connectivity index (χ1n) is 6.27. The van der Waals surface area contributed by atoms with E-state index < -0.39 is 0 Å². The SMILES string of the molecule is Cc1nnc(Sc2ncccc2CNCC(C)C)s1. The zero-order valence-electron chi connectivity index (χ0n) is 11.4. The summed E-state index contributed by atoms with van der Waals surface area (Å²) in [5, 5.41) is 13.6. The molecule has 4 nitrogen and oxygen atoms in total. The van der Waals surface area contributed by atoms with E-state index in [1.165, 1.54) is 5.56 Å². The first kappa shape index (κ1) is 14.4. The summed E-state index contributed by atoms with van der Waals surface area (Å²) < 4.78 is 0.946. The van der Waals surface area contributed by atoms with Crippen molar-refractivity contribution in [3.63, 3.8) is 0 Å². The first-order valence-corrected chi connectivity index (χ1v) is 7.91. The predicted octanol–water partition coefficient (Wildman–Crippen LogP) is 3.14. The molecular weight excluding hydrogens is 276 g/mol. The molecule has 2 heterocycles. The molecule has 0 amide bonds. The highest BCUT2D eigenvalue weighted by atomic mass is 32.2. The molecule has 19 heavy (non-hydrogen) atoms. The van der Waals surface area contributed by atoms with E-state index in [0.29, 0.717) is 5.92 Å². The lowest BCUT2D eigenvalue weighted by Crippen LogP contribution is -2.19. The van der Waals surface area contributed by atoms with Crippen molar-refractivity contribution in [1.29, 1.82) is 0 Å². The molecule has 1 N–H and O–H groups in total. The highest BCUT2D eigenvalue weighted by Gasteiger charge is 2.09. The third kappa shape index (κ3) is 4.56. The number of pyridine rings is 1. The van der Waals surface area contributed by atoms with E-state index in [4.69, 9.17) is 0 Å². The van der Waals surface area contributed by atoms with Crippen LogP contribution in [-0.4, -0.2) is 21.7 Å². The van der Waals surface area contributed by atoms with Crippen LogP contribution < -0.4 is 5.32 Å². The van der Waals surface area contributed by atoms with Crippen LogP contribution in [0.5, 0.6) is 0 Å². The Morgan fingerprint density at radius 2 is 2.21 bits per heavy atom. The maximum atomic E-state index is 4.44. The summed E-state index contributed by atoms with van der Waals surface area (Å²) in [6, 6.07) is 4.08. The van der Waals surface area contributed by atoms with Crippen molar-refractivity contribution in [1.82, 2.24) is 20.5 Å². The highest BCUT2D eigenvalue weighted by Crippen LogP contribution is 2.30. The van der Waals surface area contributed by atoms with Crippen molar-refractivity contribution in [2.24, 2.45) is 5.92 Å². The molecule has 0 saturated heterocycles. The van der Waals surface area contributed by atoms with Crippen LogP contribution in [-0.2, 0) is 6.54 Å². The van der Waals surface area contributed by atoms with Gasteiger partial charge >= 0.3 is 0 Å². The van der Waals surface area contributed by atoms with Gasteiger partial charge in [0.05, 0.1) is 0 Å². The number of hydrogen-bond donors (Lipinski definition) is 1. The summed E-state index contributed by atoms with van der Waals surface area (Å²) >= 11 is 3.19. The second-order valence-corrected chi connectivity index (χ2v) is 7.10. The zero-order valence-corrected chi connectivity index (χ0v) is 13.0. The van der Waals surface area contributed by atoms with Gasteiger partial charge in [0.1, 0.15) is 10.0 Å². The molecule has 2 aromatic heterocycles. The molecule has 2 rings (SSSR count). The molecule has 0 fully saturated rings. The van der Waals surface area contributed by atoms with E-state index in [2.05, 4.69) is 40.4 Å². The average molecular weight is 294 g/mol. The Morgan fingerprint density at radius 1 is 1.37 bits per heavy atom. The van der Waals surface area contributed by atoms with Gasteiger partial charge in [-0.05, 0) is 42.8 Å². The number of rotatable bonds is 6. The van der Waals surface area contributed by atoms with E-state index in [0.717, 1.165) is 27.5 Å². The summed E-state index contributed by atoms with van der Waals surface area (Å²) in [6.07, 6.45) is 1.82. The topological polar surface area (TPSA) is 50.7 Å². The largest absolute Gasteiger partial charge is 0.312 e. The van der Waals surface area contributed by atoms with Crippen LogP contribution in [0.1, 0.15) is 24.4 Å². The summed E-state index contributed by atoms with van der Waals surface area (Å²) in [4.78, 5) is 4.44. The van der Waals surface area contributed by atoms with Gasteiger partial charge in [0, 0.05) is 12.7 Å². The molecule has 0 radical (unpaired) electrons. The normalized spacial score (nSPS) is 11.2. The molecule has 2 aromatic rings. The van der Waals surface area contributed by atoms with E-state index in [1.807, 2.05) is 19.2 Å². The van der Waals surface area contributed by atoms with Crippen molar-refractivity contribution in [2.45, 2.75) is 36.7 Å². The Balaban J connectivity index is 2.03. The molecule has 0 saturated carbocycles. The van der Waals surface area contributed by atoms with Crippen LogP contribution >= 0.6 is 23.1 Å². The van der Waals surface area contributed by atoms with Crippen molar-refractivity contribution in [3.05, 3.63) is 28.9 Å². The molecule has 0 bridgehead atoms. The predicted molar refractivity (Wildman–Crippen MR) is 79.6 cm³/mol. The number of hydrogen-bond acceptors (Lipinski definition) is 6. The lowest BCUT2D eigenvalue weighted by molar-refractivity contribution is 0.549. The maximum Gasteiger partial charge on any atom is 0.180 e. The second kappa shape index (κ2) is 6.98. The van der Waals surface area contributed by atoms with Crippen molar-refractivity contribution in [3.8, 4) is 0 Å². The van der Waals surface area contributed by atoms with Gasteiger partial charge in [-0.3, -0.25) is 0 Å². The van der Waals surface area contributed by atoms with E-state index in [-0.39, 0.29) is 0 Å². The molecule has 0 aromatic carbocycles. The van der Waals surface area contributed by atoms with Crippen molar-refractivity contribution in [2.75, 3.05) is 6.54 Å². The van der Waals surface area contributed by atoms with Crippen LogP contribution in [0.25, 0.3) is 0 Å². The fraction of sp³-hybridized carbons (Fsp3) is 0.462. The quantitative estimate of drug-likeness (QED) is 0.887. The van der Waals surface area contributed by atoms with Crippen molar-refractivity contribution < 1.29 is 0 Å². The first-order chi connectivity index (χ1) is 9.15. The number of aromatic nitrogens is 3. The minimum atomic E-state index is 0.651. The Kier molecular flexibility index (Phi) is 5.30. The van der Waals surface area contributed by atoms with Crippen LogP contribution in [0.3, 0.4) is 0 Å². The van der Waals surface area contributed by atoms with Gasteiger partial charge in [0.25, 0.3) is 0 Å². The lowest BCUT2D eigenvalue weighted by atomic mass is 10.2.